The first-order valence-electron chi connectivity index (χ1n) is 11.0. The average molecular weight is 389 g/mol. The van der Waals surface area contributed by atoms with Crippen LogP contribution in [0.1, 0.15) is 57.7 Å². The van der Waals surface area contributed by atoms with Crippen molar-refractivity contribution in [2.75, 3.05) is 26.2 Å². The summed E-state index contributed by atoms with van der Waals surface area (Å²) >= 11 is 0. The number of unbranched alkanes of at least 4 members (excludes halogenated alkanes) is 1. The second-order valence-corrected chi connectivity index (χ2v) is 8.03. The molecule has 1 saturated heterocycles. The van der Waals surface area contributed by atoms with Crippen LogP contribution in [-0.2, 0) is 11.3 Å². The van der Waals surface area contributed by atoms with E-state index in [9.17, 15) is 4.79 Å². The second-order valence-electron chi connectivity index (χ2n) is 8.03. The topological polar surface area (TPSA) is 74.6 Å². The van der Waals surface area contributed by atoms with E-state index in [1.54, 1.807) is 0 Å². The third-order valence-corrected chi connectivity index (χ3v) is 5.89. The number of aliphatic imine (C=N–C) groups is 1. The second kappa shape index (κ2) is 10.5. The fraction of sp³-hybridized carbons (Fsp3) is 0.762. The number of imidazole rings is 1. The zero-order valence-electron chi connectivity index (χ0n) is 17.5. The van der Waals surface area contributed by atoms with E-state index in [4.69, 9.17) is 4.99 Å². The first-order chi connectivity index (χ1) is 13.7. The van der Waals surface area contributed by atoms with Crippen molar-refractivity contribution in [2.45, 2.75) is 71.4 Å². The Morgan fingerprint density at radius 3 is 2.82 bits per heavy atom. The number of aryl methyl sites for hydroxylation is 2. The maximum absolute atomic E-state index is 12.6. The van der Waals surface area contributed by atoms with E-state index in [2.05, 4.69) is 32.0 Å². The lowest BCUT2D eigenvalue weighted by Gasteiger charge is -2.21. The first kappa shape index (κ1) is 20.7. The van der Waals surface area contributed by atoms with E-state index >= 15 is 0 Å². The molecule has 7 heteroatoms. The molecule has 1 amide bonds. The fourth-order valence-corrected chi connectivity index (χ4v) is 4.25. The van der Waals surface area contributed by atoms with E-state index in [0.29, 0.717) is 11.9 Å². The summed E-state index contributed by atoms with van der Waals surface area (Å²) in [4.78, 5) is 23.7. The van der Waals surface area contributed by atoms with Crippen molar-refractivity contribution >= 4 is 11.9 Å². The summed E-state index contributed by atoms with van der Waals surface area (Å²) in [5.74, 6) is 2.59. The Kier molecular flexibility index (Phi) is 7.74. The van der Waals surface area contributed by atoms with Crippen LogP contribution in [0.4, 0.5) is 0 Å². The number of likely N-dealkylation sites (tertiary alicyclic amines) is 1. The van der Waals surface area contributed by atoms with Crippen LogP contribution in [0.2, 0.25) is 0 Å². The predicted molar refractivity (Wildman–Crippen MR) is 112 cm³/mol. The van der Waals surface area contributed by atoms with Crippen molar-refractivity contribution < 1.29 is 4.79 Å². The average Bonchev–Trinajstić information content (AvgIpc) is 3.43. The van der Waals surface area contributed by atoms with Crippen LogP contribution in [0.25, 0.3) is 0 Å². The molecule has 0 spiro atoms. The molecule has 2 aliphatic rings. The third kappa shape index (κ3) is 5.72. The Morgan fingerprint density at radius 1 is 1.29 bits per heavy atom. The van der Waals surface area contributed by atoms with Crippen molar-refractivity contribution in [3.63, 3.8) is 0 Å². The van der Waals surface area contributed by atoms with Gasteiger partial charge in [-0.3, -0.25) is 9.79 Å². The zero-order valence-corrected chi connectivity index (χ0v) is 17.5. The quantitative estimate of drug-likeness (QED) is 0.407. The summed E-state index contributed by atoms with van der Waals surface area (Å²) in [6.07, 6.45) is 11.6. The number of carbonyl (C=O) groups is 1. The van der Waals surface area contributed by atoms with E-state index in [1.165, 1.54) is 12.8 Å². The molecular weight excluding hydrogens is 352 g/mol. The van der Waals surface area contributed by atoms with Gasteiger partial charge in [-0.25, -0.2) is 4.98 Å². The lowest BCUT2D eigenvalue weighted by atomic mass is 10.1. The normalized spacial score (nSPS) is 20.7. The number of carbonyl (C=O) groups excluding carboxylic acids is 1. The Labute approximate surface area is 169 Å². The lowest BCUT2D eigenvalue weighted by molar-refractivity contribution is -0.134. The van der Waals surface area contributed by atoms with Crippen LogP contribution >= 0.6 is 0 Å². The van der Waals surface area contributed by atoms with Crippen LogP contribution in [0.3, 0.4) is 0 Å². The van der Waals surface area contributed by atoms with Gasteiger partial charge >= 0.3 is 0 Å². The highest BCUT2D eigenvalue weighted by Crippen LogP contribution is 2.27. The Hall–Kier alpha value is -2.05. The van der Waals surface area contributed by atoms with Crippen molar-refractivity contribution in [2.24, 2.45) is 10.9 Å². The molecule has 3 rings (SSSR count). The third-order valence-electron chi connectivity index (χ3n) is 5.89. The Morgan fingerprint density at radius 2 is 2.11 bits per heavy atom. The minimum atomic E-state index is 0.278. The van der Waals surface area contributed by atoms with Gasteiger partial charge < -0.3 is 20.1 Å². The SMILES string of the molecule is CCNC(=NCCCCn1ccnc1C)NC1CCN(C(=O)C2CCCC2)C1. The molecule has 1 unspecified atom stereocenters. The first-order valence-corrected chi connectivity index (χ1v) is 11.0. The number of nitrogens with one attached hydrogen (secondary N) is 2. The van der Waals surface area contributed by atoms with Crippen molar-refractivity contribution in [3.05, 3.63) is 18.2 Å². The van der Waals surface area contributed by atoms with Crippen LogP contribution in [0.15, 0.2) is 17.4 Å². The zero-order chi connectivity index (χ0) is 19.8. The van der Waals surface area contributed by atoms with E-state index in [0.717, 1.165) is 76.6 Å². The Balaban J connectivity index is 1.40. The number of amides is 1. The van der Waals surface area contributed by atoms with Gasteiger partial charge in [0.25, 0.3) is 0 Å². The van der Waals surface area contributed by atoms with Crippen LogP contribution < -0.4 is 10.6 Å². The molecule has 28 heavy (non-hydrogen) atoms. The molecule has 0 aromatic carbocycles. The highest BCUT2D eigenvalue weighted by Gasteiger charge is 2.32. The molecule has 1 saturated carbocycles. The molecule has 0 bridgehead atoms. The van der Waals surface area contributed by atoms with Crippen LogP contribution in [-0.4, -0.2) is 58.5 Å². The molecule has 0 radical (unpaired) electrons. The van der Waals surface area contributed by atoms with Crippen molar-refractivity contribution in [1.82, 2.24) is 25.1 Å². The summed E-state index contributed by atoms with van der Waals surface area (Å²) < 4.78 is 2.18. The van der Waals surface area contributed by atoms with Gasteiger partial charge in [-0.05, 0) is 46.0 Å². The predicted octanol–water partition coefficient (Wildman–Crippen LogP) is 2.32. The number of guanidine groups is 1. The van der Waals surface area contributed by atoms with Gasteiger partial charge in [0.05, 0.1) is 0 Å². The lowest BCUT2D eigenvalue weighted by Crippen LogP contribution is -2.45. The minimum Gasteiger partial charge on any atom is -0.357 e. The van der Waals surface area contributed by atoms with E-state index in [-0.39, 0.29) is 5.92 Å². The summed E-state index contributed by atoms with van der Waals surface area (Å²) in [7, 11) is 0. The van der Waals surface area contributed by atoms with Gasteiger partial charge in [0.1, 0.15) is 5.82 Å². The van der Waals surface area contributed by atoms with Crippen LogP contribution in [0, 0.1) is 12.8 Å². The molecule has 1 atom stereocenters. The number of hydrogen-bond donors (Lipinski definition) is 2. The van der Waals surface area contributed by atoms with Crippen molar-refractivity contribution in [3.8, 4) is 0 Å². The van der Waals surface area contributed by atoms with Gasteiger partial charge in [-0.2, -0.15) is 0 Å². The summed E-state index contributed by atoms with van der Waals surface area (Å²) in [6, 6.07) is 0.303. The number of hydrogen-bond acceptors (Lipinski definition) is 3. The molecule has 1 aliphatic carbocycles. The standard InChI is InChI=1S/C21H36N6O/c1-3-22-21(24-11-6-7-13-26-15-12-23-17(26)2)25-19-10-14-27(16-19)20(28)18-8-4-5-9-18/h12,15,18-19H,3-11,13-14,16H2,1-2H3,(H2,22,24,25). The Bertz CT molecular complexity index is 649. The molecule has 2 fully saturated rings. The van der Waals surface area contributed by atoms with Crippen molar-refractivity contribution in [1.29, 1.82) is 0 Å². The maximum Gasteiger partial charge on any atom is 0.225 e. The number of rotatable bonds is 8. The minimum absolute atomic E-state index is 0.278. The van der Waals surface area contributed by atoms with E-state index < -0.39 is 0 Å². The molecular formula is C21H36N6O. The molecule has 7 nitrogen and oxygen atoms in total. The van der Waals surface area contributed by atoms with E-state index in [1.807, 2.05) is 19.3 Å². The maximum atomic E-state index is 12.6. The van der Waals surface area contributed by atoms with Gasteiger partial charge in [-0.15, -0.1) is 0 Å². The van der Waals surface area contributed by atoms with Crippen LogP contribution in [0.5, 0.6) is 0 Å². The van der Waals surface area contributed by atoms with Gasteiger partial charge in [0, 0.05) is 57.1 Å². The molecule has 1 aliphatic heterocycles. The van der Waals surface area contributed by atoms with Gasteiger partial charge in [0.2, 0.25) is 5.91 Å². The number of aromatic nitrogens is 2. The molecule has 2 N–H and O–H groups in total. The smallest absolute Gasteiger partial charge is 0.225 e. The molecule has 1 aromatic heterocycles. The molecule has 2 heterocycles. The van der Waals surface area contributed by atoms with Gasteiger partial charge in [0.15, 0.2) is 5.96 Å². The molecule has 1 aromatic rings. The highest BCUT2D eigenvalue weighted by molar-refractivity contribution is 5.81. The summed E-state index contributed by atoms with van der Waals surface area (Å²) in [5, 5.41) is 6.88. The van der Waals surface area contributed by atoms with Gasteiger partial charge in [-0.1, -0.05) is 12.8 Å². The summed E-state index contributed by atoms with van der Waals surface area (Å²) in [5.41, 5.74) is 0. The largest absolute Gasteiger partial charge is 0.357 e. The molecule has 156 valence electrons. The fourth-order valence-electron chi connectivity index (χ4n) is 4.25. The monoisotopic (exact) mass is 388 g/mol. The summed E-state index contributed by atoms with van der Waals surface area (Å²) in [6.45, 7) is 8.44. The number of nitrogens with zero attached hydrogens (tertiary/aromatic N) is 4. The highest BCUT2D eigenvalue weighted by atomic mass is 16.2.